The number of benzene rings is 2. The minimum atomic E-state index is -0.571. The second-order valence-corrected chi connectivity index (χ2v) is 7.39. The number of nitrogens with two attached hydrogens (primary N) is 1. The van der Waals surface area contributed by atoms with Crippen LogP contribution in [0.1, 0.15) is 9.67 Å². The maximum atomic E-state index is 13.3. The number of aromatic nitrogens is 1. The first-order valence-corrected chi connectivity index (χ1v) is 9.33. The van der Waals surface area contributed by atoms with E-state index >= 15 is 0 Å². The summed E-state index contributed by atoms with van der Waals surface area (Å²) in [7, 11) is 0. The highest BCUT2D eigenvalue weighted by Crippen LogP contribution is 2.35. The van der Waals surface area contributed by atoms with Crippen LogP contribution in [0.25, 0.3) is 21.5 Å². The zero-order chi connectivity index (χ0) is 19.8. The van der Waals surface area contributed by atoms with Crippen LogP contribution >= 0.6 is 22.9 Å². The van der Waals surface area contributed by atoms with E-state index in [1.54, 1.807) is 24.3 Å². The Morgan fingerprint density at radius 3 is 2.54 bits per heavy atom. The number of anilines is 2. The summed E-state index contributed by atoms with van der Waals surface area (Å²) in [5, 5.41) is 3.21. The Bertz CT molecular complexity index is 1210. The van der Waals surface area contributed by atoms with E-state index in [1.807, 2.05) is 0 Å². The summed E-state index contributed by atoms with van der Waals surface area (Å²) in [6, 6.07) is 13.4. The number of fused-ring (bicyclic) bond motifs is 1. The normalized spacial score (nSPS) is 11.0. The van der Waals surface area contributed by atoms with Gasteiger partial charge >= 0.3 is 0 Å². The quantitative estimate of drug-likeness (QED) is 0.449. The monoisotopic (exact) mass is 415 g/mol. The summed E-state index contributed by atoms with van der Waals surface area (Å²) >= 11 is 6.88. The van der Waals surface area contributed by atoms with Crippen molar-refractivity contribution in [3.05, 3.63) is 76.1 Å². The van der Waals surface area contributed by atoms with Gasteiger partial charge in [0.25, 0.3) is 5.91 Å². The largest absolute Gasteiger partial charge is 0.397 e. The molecule has 0 saturated heterocycles. The molecule has 2 aromatic carbocycles. The van der Waals surface area contributed by atoms with Gasteiger partial charge in [0.05, 0.1) is 16.4 Å². The fraction of sp³-hybridized carbons (Fsp3) is 0. The third kappa shape index (κ3) is 3.42. The Balaban J connectivity index is 1.67. The van der Waals surface area contributed by atoms with Crippen molar-refractivity contribution in [1.82, 2.24) is 4.98 Å². The van der Waals surface area contributed by atoms with Gasteiger partial charge in [-0.1, -0.05) is 11.6 Å². The number of carbonyl (C=O) groups excluding carboxylic acids is 1. The smallest absolute Gasteiger partial charge is 0.267 e. The van der Waals surface area contributed by atoms with E-state index < -0.39 is 11.7 Å². The Labute approximate surface area is 167 Å². The lowest BCUT2D eigenvalue weighted by Gasteiger charge is -2.05. The van der Waals surface area contributed by atoms with Crippen LogP contribution in [0, 0.1) is 11.6 Å². The second-order valence-electron chi connectivity index (χ2n) is 5.98. The number of nitrogens with one attached hydrogen (secondary N) is 1. The van der Waals surface area contributed by atoms with Crippen LogP contribution in [0.5, 0.6) is 0 Å². The maximum absolute atomic E-state index is 13.3. The first kappa shape index (κ1) is 18.3. The number of hydrogen-bond acceptors (Lipinski definition) is 4. The van der Waals surface area contributed by atoms with Gasteiger partial charge in [-0.25, -0.2) is 13.8 Å². The fourth-order valence-corrected chi connectivity index (χ4v) is 3.88. The molecule has 8 heteroatoms. The van der Waals surface area contributed by atoms with Gasteiger partial charge in [0.15, 0.2) is 0 Å². The van der Waals surface area contributed by atoms with Gasteiger partial charge in [-0.05, 0) is 54.6 Å². The van der Waals surface area contributed by atoms with Crippen LogP contribution in [0.3, 0.4) is 0 Å². The molecule has 0 spiro atoms. The van der Waals surface area contributed by atoms with Crippen LogP contribution < -0.4 is 11.1 Å². The average molecular weight is 416 g/mol. The number of nitrogens with zero attached hydrogens (tertiary/aromatic N) is 1. The number of halogens is 3. The summed E-state index contributed by atoms with van der Waals surface area (Å²) in [6.45, 7) is 0. The Kier molecular flexibility index (Phi) is 4.70. The molecule has 2 aromatic heterocycles. The lowest BCUT2D eigenvalue weighted by atomic mass is 10.1. The molecule has 0 aliphatic heterocycles. The number of rotatable bonds is 3. The summed E-state index contributed by atoms with van der Waals surface area (Å²) in [6.07, 6.45) is 0. The van der Waals surface area contributed by atoms with Gasteiger partial charge in [0.2, 0.25) is 0 Å². The molecule has 0 radical (unpaired) electrons. The number of carbonyl (C=O) groups is 1. The highest BCUT2D eigenvalue weighted by Gasteiger charge is 2.18. The third-order valence-electron chi connectivity index (χ3n) is 4.12. The van der Waals surface area contributed by atoms with Crippen LogP contribution in [0.15, 0.2) is 54.6 Å². The van der Waals surface area contributed by atoms with E-state index in [9.17, 15) is 13.6 Å². The third-order valence-corrected chi connectivity index (χ3v) is 5.52. The van der Waals surface area contributed by atoms with Crippen molar-refractivity contribution in [3.63, 3.8) is 0 Å². The number of pyridine rings is 1. The highest BCUT2D eigenvalue weighted by atomic mass is 35.5. The molecule has 0 saturated carbocycles. The molecule has 2 heterocycles. The van der Waals surface area contributed by atoms with Gasteiger partial charge in [0.1, 0.15) is 21.3 Å². The standard InChI is InChI=1S/C20H12ClF2N3OS/c21-14-9-12(5-7-15(14)23)25-19(27)18-17(24)13-6-8-16(26-20(13)28-18)10-1-3-11(22)4-2-10/h1-9H,24H2,(H,25,27). The molecule has 0 fully saturated rings. The molecule has 0 atom stereocenters. The molecule has 4 aromatic rings. The molecule has 0 bridgehead atoms. The first-order chi connectivity index (χ1) is 13.4. The molecule has 0 aliphatic rings. The Hall–Kier alpha value is -3.03. The molecular weight excluding hydrogens is 404 g/mol. The van der Waals surface area contributed by atoms with Crippen molar-refractivity contribution in [2.45, 2.75) is 0 Å². The van der Waals surface area contributed by atoms with Crippen LogP contribution in [-0.2, 0) is 0 Å². The van der Waals surface area contributed by atoms with Gasteiger partial charge in [-0.15, -0.1) is 11.3 Å². The number of nitrogen functional groups attached to an aromatic ring is 1. The number of hydrogen-bond donors (Lipinski definition) is 2. The maximum Gasteiger partial charge on any atom is 0.267 e. The summed E-state index contributed by atoms with van der Waals surface area (Å²) in [4.78, 5) is 18.0. The van der Waals surface area contributed by atoms with Crippen molar-refractivity contribution in [2.75, 3.05) is 11.1 Å². The topological polar surface area (TPSA) is 68.0 Å². The second kappa shape index (κ2) is 7.18. The van der Waals surface area contributed by atoms with Gasteiger partial charge in [-0.2, -0.15) is 0 Å². The molecule has 140 valence electrons. The van der Waals surface area contributed by atoms with Gasteiger partial charge in [0, 0.05) is 16.6 Å². The summed E-state index contributed by atoms with van der Waals surface area (Å²) in [5.74, 6) is -1.34. The minimum absolute atomic E-state index is 0.0901. The van der Waals surface area contributed by atoms with Crippen molar-refractivity contribution in [3.8, 4) is 11.3 Å². The molecular formula is C20H12ClF2N3OS. The molecule has 1 amide bonds. The van der Waals surface area contributed by atoms with E-state index in [0.29, 0.717) is 32.2 Å². The van der Waals surface area contributed by atoms with Crippen molar-refractivity contribution in [1.29, 1.82) is 0 Å². The zero-order valence-electron chi connectivity index (χ0n) is 14.2. The zero-order valence-corrected chi connectivity index (χ0v) is 15.7. The van der Waals surface area contributed by atoms with E-state index in [0.717, 1.165) is 16.9 Å². The van der Waals surface area contributed by atoms with Crippen LogP contribution in [0.2, 0.25) is 5.02 Å². The molecule has 0 aliphatic carbocycles. The predicted molar refractivity (Wildman–Crippen MR) is 109 cm³/mol. The fourth-order valence-electron chi connectivity index (χ4n) is 2.71. The number of thiophene rings is 1. The Morgan fingerprint density at radius 1 is 1.07 bits per heavy atom. The van der Waals surface area contributed by atoms with E-state index in [1.165, 1.54) is 30.3 Å². The van der Waals surface area contributed by atoms with Crippen LogP contribution in [-0.4, -0.2) is 10.9 Å². The molecule has 4 rings (SSSR count). The van der Waals surface area contributed by atoms with E-state index in [-0.39, 0.29) is 10.8 Å². The first-order valence-electron chi connectivity index (χ1n) is 8.14. The Morgan fingerprint density at radius 2 is 1.82 bits per heavy atom. The lowest BCUT2D eigenvalue weighted by molar-refractivity contribution is 0.103. The van der Waals surface area contributed by atoms with Gasteiger partial charge < -0.3 is 11.1 Å². The summed E-state index contributed by atoms with van der Waals surface area (Å²) < 4.78 is 26.4. The predicted octanol–water partition coefficient (Wildman–Crippen LogP) is 5.73. The molecule has 4 nitrogen and oxygen atoms in total. The highest BCUT2D eigenvalue weighted by molar-refractivity contribution is 7.21. The van der Waals surface area contributed by atoms with Crippen molar-refractivity contribution < 1.29 is 13.6 Å². The summed E-state index contributed by atoms with van der Waals surface area (Å²) in [5.41, 5.74) is 8.19. The SMILES string of the molecule is Nc1c(C(=O)Nc2ccc(F)c(Cl)c2)sc2nc(-c3ccc(F)cc3)ccc12. The van der Waals surface area contributed by atoms with E-state index in [2.05, 4.69) is 10.3 Å². The van der Waals surface area contributed by atoms with Crippen molar-refractivity contribution in [2.24, 2.45) is 0 Å². The minimum Gasteiger partial charge on any atom is -0.397 e. The lowest BCUT2D eigenvalue weighted by Crippen LogP contribution is -2.12. The number of amides is 1. The molecule has 3 N–H and O–H groups in total. The van der Waals surface area contributed by atoms with Gasteiger partial charge in [-0.3, -0.25) is 4.79 Å². The van der Waals surface area contributed by atoms with E-state index in [4.69, 9.17) is 17.3 Å². The van der Waals surface area contributed by atoms with Crippen LogP contribution in [0.4, 0.5) is 20.2 Å². The molecule has 28 heavy (non-hydrogen) atoms. The van der Waals surface area contributed by atoms with Crippen molar-refractivity contribution >= 4 is 50.4 Å². The molecule has 0 unspecified atom stereocenters. The average Bonchev–Trinajstić information content (AvgIpc) is 3.01.